The molecular weight excluding hydrogens is 236 g/mol. The Bertz CT molecular complexity index is 495. The molecular formula is C12H20N2O2S. The summed E-state index contributed by atoms with van der Waals surface area (Å²) in [5.74, 6) is 0.233. The summed E-state index contributed by atoms with van der Waals surface area (Å²) in [5, 5.41) is 0. The first-order chi connectivity index (χ1) is 7.74. The third-order valence-corrected chi connectivity index (χ3v) is 4.43. The lowest BCUT2D eigenvalue weighted by Gasteiger charge is -2.18. The van der Waals surface area contributed by atoms with Gasteiger partial charge in [-0.1, -0.05) is 19.9 Å². The third-order valence-electron chi connectivity index (χ3n) is 2.80. The molecule has 0 amide bonds. The molecule has 1 aromatic rings. The molecule has 1 unspecified atom stereocenters. The second-order valence-corrected chi connectivity index (χ2v) is 6.38. The fourth-order valence-electron chi connectivity index (χ4n) is 1.36. The van der Waals surface area contributed by atoms with Crippen molar-refractivity contribution in [3.05, 3.63) is 23.8 Å². The number of aryl methyl sites for hydroxylation is 1. The average molecular weight is 256 g/mol. The van der Waals surface area contributed by atoms with Gasteiger partial charge in [-0.25, -0.2) is 13.1 Å². The highest BCUT2D eigenvalue weighted by Crippen LogP contribution is 2.20. The molecule has 0 aliphatic rings. The minimum absolute atomic E-state index is 0.124. The van der Waals surface area contributed by atoms with Crippen molar-refractivity contribution in [3.8, 4) is 0 Å². The van der Waals surface area contributed by atoms with Crippen LogP contribution in [-0.4, -0.2) is 14.5 Å². The van der Waals surface area contributed by atoms with Crippen LogP contribution in [0.1, 0.15) is 26.3 Å². The van der Waals surface area contributed by atoms with E-state index in [1.165, 1.54) is 0 Å². The van der Waals surface area contributed by atoms with E-state index in [4.69, 9.17) is 5.73 Å². The summed E-state index contributed by atoms with van der Waals surface area (Å²) < 4.78 is 26.8. The number of nitrogens with one attached hydrogen (secondary N) is 1. The van der Waals surface area contributed by atoms with Crippen molar-refractivity contribution in [2.75, 3.05) is 5.73 Å². The number of anilines is 1. The summed E-state index contributed by atoms with van der Waals surface area (Å²) >= 11 is 0. The Morgan fingerprint density at radius 2 is 1.82 bits per heavy atom. The summed E-state index contributed by atoms with van der Waals surface area (Å²) in [6.07, 6.45) is 0. The minimum Gasteiger partial charge on any atom is -0.398 e. The minimum atomic E-state index is -3.53. The molecule has 0 heterocycles. The van der Waals surface area contributed by atoms with Crippen molar-refractivity contribution < 1.29 is 8.42 Å². The van der Waals surface area contributed by atoms with Crippen molar-refractivity contribution >= 4 is 15.7 Å². The Balaban J connectivity index is 3.06. The maximum Gasteiger partial charge on any atom is 0.242 e. The first kappa shape index (κ1) is 14.0. The summed E-state index contributed by atoms with van der Waals surface area (Å²) in [6.45, 7) is 7.64. The molecule has 1 rings (SSSR count). The molecule has 17 heavy (non-hydrogen) atoms. The summed E-state index contributed by atoms with van der Waals surface area (Å²) in [5.41, 5.74) is 6.97. The van der Waals surface area contributed by atoms with Crippen molar-refractivity contribution in [2.45, 2.75) is 38.6 Å². The molecule has 96 valence electrons. The zero-order valence-electron chi connectivity index (χ0n) is 10.7. The van der Waals surface area contributed by atoms with Gasteiger partial charge in [-0.15, -0.1) is 0 Å². The van der Waals surface area contributed by atoms with Gasteiger partial charge in [-0.2, -0.15) is 0 Å². The van der Waals surface area contributed by atoms with Crippen LogP contribution < -0.4 is 10.5 Å². The largest absolute Gasteiger partial charge is 0.398 e. The Kier molecular flexibility index (Phi) is 4.16. The van der Waals surface area contributed by atoms with E-state index >= 15 is 0 Å². The van der Waals surface area contributed by atoms with Crippen LogP contribution in [-0.2, 0) is 10.0 Å². The van der Waals surface area contributed by atoms with Gasteiger partial charge in [0.1, 0.15) is 4.90 Å². The maximum atomic E-state index is 12.1. The molecule has 0 bridgehead atoms. The Hall–Kier alpha value is -1.07. The fraction of sp³-hybridized carbons (Fsp3) is 0.500. The van der Waals surface area contributed by atoms with Crippen LogP contribution in [0.3, 0.4) is 0 Å². The number of hydrogen-bond donors (Lipinski definition) is 2. The second-order valence-electron chi connectivity index (χ2n) is 4.70. The molecule has 0 saturated carbocycles. The average Bonchev–Trinajstić information content (AvgIpc) is 2.15. The van der Waals surface area contributed by atoms with E-state index in [1.54, 1.807) is 18.2 Å². The lowest BCUT2D eigenvalue weighted by atomic mass is 10.1. The molecule has 0 spiro atoms. The predicted molar refractivity (Wildman–Crippen MR) is 70.2 cm³/mol. The maximum absolute atomic E-state index is 12.1. The smallest absolute Gasteiger partial charge is 0.242 e. The lowest BCUT2D eigenvalue weighted by Crippen LogP contribution is -2.36. The van der Waals surface area contributed by atoms with Crippen molar-refractivity contribution in [3.63, 3.8) is 0 Å². The highest BCUT2D eigenvalue weighted by atomic mass is 32.2. The zero-order chi connectivity index (χ0) is 13.2. The van der Waals surface area contributed by atoms with Crippen LogP contribution in [0.4, 0.5) is 5.69 Å². The van der Waals surface area contributed by atoms with E-state index in [0.717, 1.165) is 5.56 Å². The van der Waals surface area contributed by atoms with Crippen LogP contribution in [0.15, 0.2) is 23.1 Å². The van der Waals surface area contributed by atoms with Gasteiger partial charge in [-0.3, -0.25) is 0 Å². The van der Waals surface area contributed by atoms with Gasteiger partial charge < -0.3 is 5.73 Å². The Labute approximate surface area is 103 Å². The molecule has 1 aromatic carbocycles. The molecule has 1 atom stereocenters. The molecule has 0 aliphatic carbocycles. The number of hydrogen-bond acceptors (Lipinski definition) is 3. The van der Waals surface area contributed by atoms with E-state index in [2.05, 4.69) is 4.72 Å². The van der Waals surface area contributed by atoms with Gasteiger partial charge in [0, 0.05) is 6.04 Å². The quantitative estimate of drug-likeness (QED) is 0.808. The van der Waals surface area contributed by atoms with Gasteiger partial charge in [0.2, 0.25) is 10.0 Å². The molecule has 0 aliphatic heterocycles. The molecule has 3 N–H and O–H groups in total. The number of rotatable bonds is 4. The number of benzene rings is 1. The molecule has 0 saturated heterocycles. The number of sulfonamides is 1. The molecule has 0 aromatic heterocycles. The van der Waals surface area contributed by atoms with Gasteiger partial charge in [0.05, 0.1) is 5.69 Å². The van der Waals surface area contributed by atoms with E-state index in [-0.39, 0.29) is 22.5 Å². The van der Waals surface area contributed by atoms with E-state index in [9.17, 15) is 8.42 Å². The van der Waals surface area contributed by atoms with Crippen LogP contribution in [0.5, 0.6) is 0 Å². The van der Waals surface area contributed by atoms with Gasteiger partial charge in [-0.05, 0) is 37.5 Å². The van der Waals surface area contributed by atoms with Gasteiger partial charge in [0.15, 0.2) is 0 Å². The first-order valence-corrected chi connectivity index (χ1v) is 7.11. The van der Waals surface area contributed by atoms with Gasteiger partial charge >= 0.3 is 0 Å². The summed E-state index contributed by atoms with van der Waals surface area (Å²) in [4.78, 5) is 0.149. The number of nitrogens with two attached hydrogens (primary N) is 1. The normalized spacial score (nSPS) is 13.9. The Morgan fingerprint density at radius 3 is 2.29 bits per heavy atom. The monoisotopic (exact) mass is 256 g/mol. The highest BCUT2D eigenvalue weighted by molar-refractivity contribution is 7.89. The fourth-order valence-corrected chi connectivity index (χ4v) is 2.86. The molecule has 5 heteroatoms. The van der Waals surface area contributed by atoms with Crippen molar-refractivity contribution in [2.24, 2.45) is 5.92 Å². The van der Waals surface area contributed by atoms with Crippen molar-refractivity contribution in [1.29, 1.82) is 0 Å². The lowest BCUT2D eigenvalue weighted by molar-refractivity contribution is 0.476. The van der Waals surface area contributed by atoms with E-state index in [0.29, 0.717) is 0 Å². The molecule has 0 radical (unpaired) electrons. The number of nitrogen functional groups attached to an aromatic ring is 1. The summed E-state index contributed by atoms with van der Waals surface area (Å²) in [7, 11) is -3.53. The predicted octanol–water partition coefficient (Wildman–Crippen LogP) is 1.90. The Morgan fingerprint density at radius 1 is 1.24 bits per heavy atom. The van der Waals surface area contributed by atoms with Gasteiger partial charge in [0.25, 0.3) is 0 Å². The second kappa shape index (κ2) is 5.06. The van der Waals surface area contributed by atoms with Crippen LogP contribution >= 0.6 is 0 Å². The zero-order valence-corrected chi connectivity index (χ0v) is 11.5. The topological polar surface area (TPSA) is 72.2 Å². The molecule has 0 fully saturated rings. The van der Waals surface area contributed by atoms with E-state index < -0.39 is 10.0 Å². The van der Waals surface area contributed by atoms with Crippen LogP contribution in [0.25, 0.3) is 0 Å². The standard InChI is InChI=1S/C12H20N2O2S/c1-8(2)10(4)14-17(15,16)12-6-5-9(3)7-11(12)13/h5-8,10,14H,13H2,1-4H3. The van der Waals surface area contributed by atoms with Crippen molar-refractivity contribution in [1.82, 2.24) is 4.72 Å². The molecule has 4 nitrogen and oxygen atoms in total. The van der Waals surface area contributed by atoms with Crippen LogP contribution in [0, 0.1) is 12.8 Å². The van der Waals surface area contributed by atoms with Crippen LogP contribution in [0.2, 0.25) is 0 Å². The summed E-state index contributed by atoms with van der Waals surface area (Å²) in [6, 6.07) is 4.82. The SMILES string of the molecule is Cc1ccc(S(=O)(=O)NC(C)C(C)C)c(N)c1. The first-order valence-electron chi connectivity index (χ1n) is 5.62. The van der Waals surface area contributed by atoms with E-state index in [1.807, 2.05) is 27.7 Å². The highest BCUT2D eigenvalue weighted by Gasteiger charge is 2.21. The third kappa shape index (κ3) is 3.44.